The number of benzene rings is 1. The van der Waals surface area contributed by atoms with E-state index in [1.807, 2.05) is 28.9 Å². The molecular formula is C22H30N4O4. The van der Waals surface area contributed by atoms with E-state index in [1.165, 1.54) is 0 Å². The lowest BCUT2D eigenvalue weighted by atomic mass is 10.0. The van der Waals surface area contributed by atoms with Crippen LogP contribution in [0.4, 0.5) is 5.69 Å². The van der Waals surface area contributed by atoms with Crippen molar-refractivity contribution in [2.75, 3.05) is 26.3 Å². The van der Waals surface area contributed by atoms with Gasteiger partial charge >= 0.3 is 0 Å². The quantitative estimate of drug-likeness (QED) is 0.633. The van der Waals surface area contributed by atoms with Crippen LogP contribution in [-0.2, 0) is 16.1 Å². The molecule has 1 aromatic rings. The number of amides is 2. The highest BCUT2D eigenvalue weighted by molar-refractivity contribution is 6.06. The number of aliphatic hydroxyl groups excluding tert-OH is 1. The molecule has 2 amide bonds. The highest BCUT2D eigenvalue weighted by Gasteiger charge is 2.31. The second kappa shape index (κ2) is 9.04. The van der Waals surface area contributed by atoms with Gasteiger partial charge in [-0.25, -0.2) is 4.99 Å². The van der Waals surface area contributed by atoms with Crippen LogP contribution < -0.4 is 10.1 Å². The van der Waals surface area contributed by atoms with E-state index in [1.54, 1.807) is 0 Å². The maximum absolute atomic E-state index is 12.7. The number of carbonyl (C=O) groups is 2. The van der Waals surface area contributed by atoms with E-state index >= 15 is 0 Å². The summed E-state index contributed by atoms with van der Waals surface area (Å²) < 4.78 is 5.99. The normalized spacial score (nSPS) is 18.0. The summed E-state index contributed by atoms with van der Waals surface area (Å²) in [6.45, 7) is 3.82. The van der Waals surface area contributed by atoms with Crippen molar-refractivity contribution in [3.05, 3.63) is 23.3 Å². The maximum Gasteiger partial charge on any atom is 0.246 e. The van der Waals surface area contributed by atoms with Crippen LogP contribution in [-0.4, -0.2) is 65.0 Å². The van der Waals surface area contributed by atoms with Crippen molar-refractivity contribution in [2.45, 2.75) is 58.0 Å². The Hall–Kier alpha value is -2.61. The van der Waals surface area contributed by atoms with Crippen molar-refractivity contribution in [3.63, 3.8) is 0 Å². The smallest absolute Gasteiger partial charge is 0.246 e. The molecule has 0 bridgehead atoms. The minimum absolute atomic E-state index is 0.00212. The third kappa shape index (κ3) is 4.28. The van der Waals surface area contributed by atoms with Crippen molar-refractivity contribution in [1.82, 2.24) is 15.1 Å². The van der Waals surface area contributed by atoms with Crippen LogP contribution in [0.5, 0.6) is 5.75 Å². The van der Waals surface area contributed by atoms with Gasteiger partial charge in [0.15, 0.2) is 0 Å². The van der Waals surface area contributed by atoms with Crippen molar-refractivity contribution >= 4 is 23.5 Å². The number of aryl methyl sites for hydroxylation is 1. The van der Waals surface area contributed by atoms with Gasteiger partial charge in [-0.15, -0.1) is 0 Å². The lowest BCUT2D eigenvalue weighted by Crippen LogP contribution is -2.40. The predicted molar refractivity (Wildman–Crippen MR) is 113 cm³/mol. The Morgan fingerprint density at radius 1 is 1.33 bits per heavy atom. The Kier molecular flexibility index (Phi) is 6.22. The Balaban J connectivity index is 1.36. The predicted octanol–water partition coefficient (Wildman–Crippen LogP) is 1.85. The largest absolute Gasteiger partial charge is 0.491 e. The van der Waals surface area contributed by atoms with Gasteiger partial charge in [0.2, 0.25) is 17.8 Å². The van der Waals surface area contributed by atoms with Gasteiger partial charge in [-0.1, -0.05) is 18.9 Å². The van der Waals surface area contributed by atoms with Gasteiger partial charge in [0.1, 0.15) is 18.0 Å². The van der Waals surface area contributed by atoms with Crippen LogP contribution in [0, 0.1) is 6.92 Å². The fourth-order valence-electron chi connectivity index (χ4n) is 4.56. The first-order valence-electron chi connectivity index (χ1n) is 10.9. The van der Waals surface area contributed by atoms with Crippen LogP contribution in [0.3, 0.4) is 0 Å². The van der Waals surface area contributed by atoms with Crippen LogP contribution in [0.15, 0.2) is 17.1 Å². The second-order valence-electron chi connectivity index (χ2n) is 8.25. The maximum atomic E-state index is 12.7. The van der Waals surface area contributed by atoms with Crippen LogP contribution in [0.1, 0.15) is 49.7 Å². The molecule has 2 fully saturated rings. The molecule has 2 N–H and O–H groups in total. The zero-order chi connectivity index (χ0) is 21.1. The molecule has 2 aliphatic heterocycles. The van der Waals surface area contributed by atoms with Gasteiger partial charge in [-0.05, 0) is 37.8 Å². The molecule has 162 valence electrons. The van der Waals surface area contributed by atoms with Crippen molar-refractivity contribution in [3.8, 4) is 5.75 Å². The lowest BCUT2D eigenvalue weighted by molar-refractivity contribution is -0.134. The van der Waals surface area contributed by atoms with Gasteiger partial charge < -0.3 is 19.6 Å². The Bertz CT molecular complexity index is 848. The fraction of sp³-hybridized carbons (Fsp3) is 0.591. The standard InChI is InChI=1S/C22H30N4O4/c1-15-8-9-18(21-17(15)13-25-14-19(28)23-22(25)24-21)30-12-4-7-20(29)26(10-11-27)16-5-2-3-6-16/h8-9,16,27H,2-7,10-14H2,1H3,(H,23,24,28). The second-order valence-corrected chi connectivity index (χ2v) is 8.25. The summed E-state index contributed by atoms with van der Waals surface area (Å²) in [6, 6.07) is 4.19. The van der Waals surface area contributed by atoms with Crippen molar-refractivity contribution in [2.24, 2.45) is 4.99 Å². The monoisotopic (exact) mass is 414 g/mol. The molecule has 8 heteroatoms. The summed E-state index contributed by atoms with van der Waals surface area (Å²) in [7, 11) is 0. The SMILES string of the molecule is Cc1ccc(OCCCC(=O)N(CCO)C2CCCC2)c2c1CN1CC(=O)NC1=N2. The number of fused-ring (bicyclic) bond motifs is 2. The average molecular weight is 415 g/mol. The zero-order valence-corrected chi connectivity index (χ0v) is 17.5. The summed E-state index contributed by atoms with van der Waals surface area (Å²) in [5.41, 5.74) is 2.95. The van der Waals surface area contributed by atoms with Gasteiger partial charge in [0.05, 0.1) is 13.2 Å². The number of nitrogens with one attached hydrogen (secondary N) is 1. The lowest BCUT2D eigenvalue weighted by Gasteiger charge is -2.28. The molecule has 2 heterocycles. The summed E-state index contributed by atoms with van der Waals surface area (Å²) in [6.07, 6.45) is 5.39. The number of hydrogen-bond acceptors (Lipinski definition) is 6. The molecular weight excluding hydrogens is 384 g/mol. The van der Waals surface area contributed by atoms with Gasteiger partial charge in [0.25, 0.3) is 0 Å². The molecule has 0 aromatic heterocycles. The van der Waals surface area contributed by atoms with E-state index in [-0.39, 0.29) is 24.5 Å². The number of hydrogen-bond donors (Lipinski definition) is 2. The number of carbonyl (C=O) groups excluding carboxylic acids is 2. The van der Waals surface area contributed by atoms with Gasteiger partial charge in [-0.2, -0.15) is 0 Å². The van der Waals surface area contributed by atoms with Gasteiger partial charge in [-0.3, -0.25) is 14.9 Å². The molecule has 1 aliphatic carbocycles. The van der Waals surface area contributed by atoms with Gasteiger partial charge in [0, 0.05) is 31.1 Å². The van der Waals surface area contributed by atoms with E-state index in [9.17, 15) is 14.7 Å². The van der Waals surface area contributed by atoms with E-state index in [4.69, 9.17) is 4.74 Å². The molecule has 1 saturated carbocycles. The first kappa shape index (κ1) is 20.7. The first-order valence-corrected chi connectivity index (χ1v) is 10.9. The molecule has 1 saturated heterocycles. The minimum atomic E-state index is -0.0464. The van der Waals surface area contributed by atoms with Crippen LogP contribution in [0.25, 0.3) is 0 Å². The molecule has 4 rings (SSSR count). The van der Waals surface area contributed by atoms with E-state index in [0.29, 0.717) is 50.8 Å². The Morgan fingerprint density at radius 3 is 2.90 bits per heavy atom. The number of aliphatic imine (C=N–C) groups is 1. The molecule has 30 heavy (non-hydrogen) atoms. The minimum Gasteiger partial charge on any atom is -0.491 e. The first-order chi connectivity index (χ1) is 14.6. The third-order valence-corrected chi connectivity index (χ3v) is 6.15. The Labute approximate surface area is 176 Å². The number of rotatable bonds is 8. The van der Waals surface area contributed by atoms with E-state index in [2.05, 4.69) is 10.3 Å². The fourth-order valence-corrected chi connectivity index (χ4v) is 4.56. The van der Waals surface area contributed by atoms with Crippen molar-refractivity contribution < 1.29 is 19.4 Å². The summed E-state index contributed by atoms with van der Waals surface area (Å²) in [5, 5.41) is 12.1. The molecule has 0 spiro atoms. The molecule has 1 aromatic carbocycles. The Morgan fingerprint density at radius 2 is 2.13 bits per heavy atom. The highest BCUT2D eigenvalue weighted by atomic mass is 16.5. The highest BCUT2D eigenvalue weighted by Crippen LogP contribution is 2.38. The van der Waals surface area contributed by atoms with Crippen LogP contribution in [0.2, 0.25) is 0 Å². The molecule has 8 nitrogen and oxygen atoms in total. The average Bonchev–Trinajstić information content (AvgIpc) is 3.38. The molecule has 0 unspecified atom stereocenters. The van der Waals surface area contributed by atoms with E-state index in [0.717, 1.165) is 42.5 Å². The number of ether oxygens (including phenoxy) is 1. The summed E-state index contributed by atoms with van der Waals surface area (Å²) >= 11 is 0. The number of guanidine groups is 1. The molecule has 0 atom stereocenters. The number of aliphatic hydroxyl groups is 1. The molecule has 0 radical (unpaired) electrons. The summed E-state index contributed by atoms with van der Waals surface area (Å²) in [4.78, 5) is 32.7. The third-order valence-electron chi connectivity index (χ3n) is 6.15. The van der Waals surface area contributed by atoms with Crippen molar-refractivity contribution in [1.29, 1.82) is 0 Å². The topological polar surface area (TPSA) is 94.5 Å². The number of nitrogens with zero attached hydrogens (tertiary/aromatic N) is 3. The van der Waals surface area contributed by atoms with E-state index < -0.39 is 0 Å². The summed E-state index contributed by atoms with van der Waals surface area (Å²) in [5.74, 6) is 1.30. The van der Waals surface area contributed by atoms with Crippen LogP contribution >= 0.6 is 0 Å². The zero-order valence-electron chi connectivity index (χ0n) is 17.5. The molecule has 3 aliphatic rings.